The summed E-state index contributed by atoms with van der Waals surface area (Å²) < 4.78 is 5.51. The Balaban J connectivity index is 2.15. The molecule has 4 nitrogen and oxygen atoms in total. The van der Waals surface area contributed by atoms with E-state index in [4.69, 9.17) is 10.6 Å². The first-order chi connectivity index (χ1) is 5.27. The van der Waals surface area contributed by atoms with Crippen LogP contribution in [0.4, 0.5) is 0 Å². The third kappa shape index (κ3) is 0.980. The number of nitrogens with one attached hydrogen (secondary N) is 1. The molecule has 0 saturated carbocycles. The fourth-order valence-electron chi connectivity index (χ4n) is 2.20. The van der Waals surface area contributed by atoms with Crippen LogP contribution in [0.25, 0.3) is 0 Å². The maximum atomic E-state index is 5.71. The van der Waals surface area contributed by atoms with Gasteiger partial charge in [-0.3, -0.25) is 5.84 Å². The van der Waals surface area contributed by atoms with Gasteiger partial charge in [-0.05, 0) is 0 Å². The molecule has 2 atom stereocenters. The molecule has 0 aromatic carbocycles. The van der Waals surface area contributed by atoms with Crippen LogP contribution in [0.3, 0.4) is 0 Å². The second-order valence-electron chi connectivity index (χ2n) is 3.53. The van der Waals surface area contributed by atoms with Crippen molar-refractivity contribution in [2.45, 2.75) is 5.60 Å². The summed E-state index contributed by atoms with van der Waals surface area (Å²) in [5.41, 5.74) is 0.00868. The Kier molecular flexibility index (Phi) is 1.64. The Hall–Kier alpha value is -0.160. The first kappa shape index (κ1) is 7.49. The molecule has 2 unspecified atom stereocenters. The first-order valence-electron chi connectivity index (χ1n) is 4.02. The van der Waals surface area contributed by atoms with E-state index in [0.29, 0.717) is 5.92 Å². The first-order valence-corrected chi connectivity index (χ1v) is 4.02. The van der Waals surface area contributed by atoms with Crippen LogP contribution in [-0.4, -0.2) is 43.9 Å². The molecule has 4 heteroatoms. The van der Waals surface area contributed by atoms with Crippen LogP contribution in [0.1, 0.15) is 0 Å². The molecule has 0 aromatic rings. The highest BCUT2D eigenvalue weighted by molar-refractivity contribution is 5.04. The minimum absolute atomic E-state index is 0.00868. The molecule has 2 rings (SSSR count). The summed E-state index contributed by atoms with van der Waals surface area (Å²) in [6.07, 6.45) is 0. The number of methoxy groups -OCH3 is 1. The van der Waals surface area contributed by atoms with Gasteiger partial charge in [0.25, 0.3) is 0 Å². The van der Waals surface area contributed by atoms with Crippen LogP contribution < -0.4 is 11.2 Å². The van der Waals surface area contributed by atoms with Crippen molar-refractivity contribution in [2.75, 3.05) is 33.3 Å². The summed E-state index contributed by atoms with van der Waals surface area (Å²) in [4.78, 5) is 0. The molecule has 2 heterocycles. The second kappa shape index (κ2) is 2.42. The minimum Gasteiger partial charge on any atom is -0.375 e. The number of hydrogen-bond acceptors (Lipinski definition) is 4. The van der Waals surface area contributed by atoms with Gasteiger partial charge in [0.05, 0.1) is 5.60 Å². The Morgan fingerprint density at radius 2 is 2.55 bits per heavy atom. The fraction of sp³-hybridized carbons (Fsp3) is 1.00. The summed E-state index contributed by atoms with van der Waals surface area (Å²) in [6.45, 7) is 3.81. The van der Waals surface area contributed by atoms with Gasteiger partial charge in [-0.1, -0.05) is 0 Å². The summed E-state index contributed by atoms with van der Waals surface area (Å²) in [6, 6.07) is 0. The molecule has 2 aliphatic rings. The Morgan fingerprint density at radius 1 is 1.73 bits per heavy atom. The van der Waals surface area contributed by atoms with Gasteiger partial charge in [0.15, 0.2) is 0 Å². The molecule has 2 fully saturated rings. The molecular formula is C7H15N3O. The third-order valence-electron chi connectivity index (χ3n) is 2.89. The van der Waals surface area contributed by atoms with Crippen LogP contribution in [0.2, 0.25) is 0 Å². The minimum atomic E-state index is 0.00868. The van der Waals surface area contributed by atoms with Crippen LogP contribution in [0.15, 0.2) is 0 Å². The standard InChI is InChI=1S/C7H15N3O/c1-11-7-4-9-2-6(7)3-10(8)5-7/h6,9H,2-5,8H2,1H3. The fourth-order valence-corrected chi connectivity index (χ4v) is 2.20. The molecule has 3 N–H and O–H groups in total. The van der Waals surface area contributed by atoms with Crippen LogP contribution in [0.5, 0.6) is 0 Å². The zero-order chi connectivity index (χ0) is 7.90. The average molecular weight is 157 g/mol. The highest BCUT2D eigenvalue weighted by Gasteiger charge is 2.49. The molecule has 2 saturated heterocycles. The molecule has 0 aromatic heterocycles. The predicted molar refractivity (Wildman–Crippen MR) is 41.9 cm³/mol. The number of nitrogens with zero attached hydrogens (tertiary/aromatic N) is 1. The number of hydrogen-bond donors (Lipinski definition) is 2. The second-order valence-corrected chi connectivity index (χ2v) is 3.53. The summed E-state index contributed by atoms with van der Waals surface area (Å²) in [5, 5.41) is 5.19. The number of nitrogens with two attached hydrogens (primary N) is 1. The molecule has 64 valence electrons. The van der Waals surface area contributed by atoms with Crippen molar-refractivity contribution in [3.8, 4) is 0 Å². The van der Waals surface area contributed by atoms with Crippen molar-refractivity contribution in [1.29, 1.82) is 0 Å². The van der Waals surface area contributed by atoms with Gasteiger partial charge in [-0.25, -0.2) is 5.01 Å². The average Bonchev–Trinajstić information content (AvgIpc) is 2.43. The van der Waals surface area contributed by atoms with Crippen molar-refractivity contribution in [1.82, 2.24) is 10.3 Å². The SMILES string of the molecule is COC12CNCC1CN(N)C2. The van der Waals surface area contributed by atoms with Gasteiger partial charge in [-0.15, -0.1) is 0 Å². The third-order valence-corrected chi connectivity index (χ3v) is 2.89. The summed E-state index contributed by atoms with van der Waals surface area (Å²) >= 11 is 0. The number of ether oxygens (including phenoxy) is 1. The smallest absolute Gasteiger partial charge is 0.0995 e. The maximum absolute atomic E-state index is 5.71. The molecule has 0 spiro atoms. The Bertz CT molecular complexity index is 164. The van der Waals surface area contributed by atoms with E-state index in [1.165, 1.54) is 0 Å². The largest absolute Gasteiger partial charge is 0.375 e. The predicted octanol–water partition coefficient (Wildman–Crippen LogP) is -1.22. The quantitative estimate of drug-likeness (QED) is 0.468. The molecular weight excluding hydrogens is 142 g/mol. The van der Waals surface area contributed by atoms with Crippen molar-refractivity contribution in [2.24, 2.45) is 11.8 Å². The van der Waals surface area contributed by atoms with E-state index in [1.807, 2.05) is 5.01 Å². The highest BCUT2D eigenvalue weighted by Crippen LogP contribution is 2.31. The van der Waals surface area contributed by atoms with Crippen molar-refractivity contribution >= 4 is 0 Å². The van der Waals surface area contributed by atoms with Gasteiger partial charge in [-0.2, -0.15) is 0 Å². The van der Waals surface area contributed by atoms with Crippen molar-refractivity contribution < 1.29 is 4.74 Å². The summed E-state index contributed by atoms with van der Waals surface area (Å²) in [5.74, 6) is 6.29. The number of hydrazine groups is 1. The van der Waals surface area contributed by atoms with Gasteiger partial charge >= 0.3 is 0 Å². The van der Waals surface area contributed by atoms with E-state index in [2.05, 4.69) is 5.32 Å². The van der Waals surface area contributed by atoms with E-state index in [0.717, 1.165) is 26.2 Å². The van der Waals surface area contributed by atoms with E-state index >= 15 is 0 Å². The van der Waals surface area contributed by atoms with Crippen LogP contribution >= 0.6 is 0 Å². The number of fused-ring (bicyclic) bond motifs is 1. The van der Waals surface area contributed by atoms with Crippen molar-refractivity contribution in [3.63, 3.8) is 0 Å². The van der Waals surface area contributed by atoms with E-state index < -0.39 is 0 Å². The maximum Gasteiger partial charge on any atom is 0.0995 e. The van der Waals surface area contributed by atoms with E-state index in [9.17, 15) is 0 Å². The Morgan fingerprint density at radius 3 is 3.18 bits per heavy atom. The van der Waals surface area contributed by atoms with Gasteiger partial charge < -0.3 is 10.1 Å². The van der Waals surface area contributed by atoms with Crippen LogP contribution in [0, 0.1) is 5.92 Å². The Labute approximate surface area is 66.7 Å². The highest BCUT2D eigenvalue weighted by atomic mass is 16.5. The molecule has 11 heavy (non-hydrogen) atoms. The molecule has 0 aliphatic carbocycles. The lowest BCUT2D eigenvalue weighted by atomic mass is 9.95. The molecule has 0 amide bonds. The lowest BCUT2D eigenvalue weighted by Crippen LogP contribution is -2.42. The molecule has 2 aliphatic heterocycles. The zero-order valence-electron chi connectivity index (χ0n) is 6.84. The van der Waals surface area contributed by atoms with Crippen molar-refractivity contribution in [3.05, 3.63) is 0 Å². The molecule has 0 bridgehead atoms. The topological polar surface area (TPSA) is 50.5 Å². The van der Waals surface area contributed by atoms with E-state index in [1.54, 1.807) is 7.11 Å². The lowest BCUT2D eigenvalue weighted by molar-refractivity contribution is -0.00570. The molecule has 0 radical (unpaired) electrons. The summed E-state index contributed by atoms with van der Waals surface area (Å²) in [7, 11) is 1.78. The normalized spacial score (nSPS) is 44.7. The van der Waals surface area contributed by atoms with Gasteiger partial charge in [0, 0.05) is 39.2 Å². The monoisotopic (exact) mass is 157 g/mol. The zero-order valence-corrected chi connectivity index (χ0v) is 6.84. The number of rotatable bonds is 1. The van der Waals surface area contributed by atoms with Gasteiger partial charge in [0.1, 0.15) is 0 Å². The van der Waals surface area contributed by atoms with E-state index in [-0.39, 0.29) is 5.60 Å². The van der Waals surface area contributed by atoms with Crippen LogP contribution in [-0.2, 0) is 4.74 Å². The van der Waals surface area contributed by atoms with Gasteiger partial charge in [0.2, 0.25) is 0 Å². The lowest BCUT2D eigenvalue weighted by Gasteiger charge is -2.25.